The third-order valence-electron chi connectivity index (χ3n) is 5.38. The van der Waals surface area contributed by atoms with Crippen molar-refractivity contribution >= 4 is 11.6 Å². The van der Waals surface area contributed by atoms with Gasteiger partial charge in [0.25, 0.3) is 5.91 Å². The van der Waals surface area contributed by atoms with Crippen LogP contribution in [0.4, 0.5) is 5.69 Å². The van der Waals surface area contributed by atoms with Crippen molar-refractivity contribution in [3.63, 3.8) is 0 Å². The van der Waals surface area contributed by atoms with Crippen LogP contribution in [0.2, 0.25) is 0 Å². The van der Waals surface area contributed by atoms with Crippen molar-refractivity contribution in [2.24, 2.45) is 0 Å². The molecule has 2 aromatic carbocycles. The summed E-state index contributed by atoms with van der Waals surface area (Å²) in [6.07, 6.45) is 1.20. The summed E-state index contributed by atoms with van der Waals surface area (Å²) in [5, 5.41) is 18.4. The van der Waals surface area contributed by atoms with E-state index < -0.39 is 10.8 Å². The SMILES string of the molecule is CCCc1[nH]nc(C(=O)N2Cc3ccccc3C(c3ccccc3)C2)c1[N+](=O)[O-]. The average molecular weight is 390 g/mol. The molecule has 1 atom stereocenters. The minimum atomic E-state index is -0.506. The highest BCUT2D eigenvalue weighted by Crippen LogP contribution is 2.35. The molecule has 1 N–H and O–H groups in total. The molecule has 1 aliphatic heterocycles. The Kier molecular flexibility index (Phi) is 5.12. The molecule has 0 aliphatic carbocycles. The number of nitrogens with zero attached hydrogens (tertiary/aromatic N) is 3. The molecule has 0 spiro atoms. The van der Waals surface area contributed by atoms with Gasteiger partial charge in [0.1, 0.15) is 5.69 Å². The van der Waals surface area contributed by atoms with Gasteiger partial charge in [0.05, 0.1) is 4.92 Å². The normalized spacial score (nSPS) is 15.8. The minimum absolute atomic E-state index is 0.0122. The highest BCUT2D eigenvalue weighted by atomic mass is 16.6. The van der Waals surface area contributed by atoms with Gasteiger partial charge in [-0.15, -0.1) is 0 Å². The molecule has 29 heavy (non-hydrogen) atoms. The van der Waals surface area contributed by atoms with Gasteiger partial charge in [-0.05, 0) is 23.1 Å². The number of rotatable bonds is 5. The number of hydrogen-bond acceptors (Lipinski definition) is 4. The van der Waals surface area contributed by atoms with Crippen LogP contribution in [0.5, 0.6) is 0 Å². The van der Waals surface area contributed by atoms with E-state index in [0.717, 1.165) is 17.5 Å². The largest absolute Gasteiger partial charge is 0.332 e. The molecule has 4 rings (SSSR count). The lowest BCUT2D eigenvalue weighted by atomic mass is 9.84. The Hall–Kier alpha value is -3.48. The molecule has 3 aromatic rings. The third-order valence-corrected chi connectivity index (χ3v) is 5.38. The summed E-state index contributed by atoms with van der Waals surface area (Å²) in [5.74, 6) is -0.399. The first kappa shape index (κ1) is 18.9. The van der Waals surface area contributed by atoms with Gasteiger partial charge in [-0.3, -0.25) is 20.0 Å². The van der Waals surface area contributed by atoms with Crippen molar-refractivity contribution in [1.82, 2.24) is 15.1 Å². The Balaban J connectivity index is 1.72. The average Bonchev–Trinajstić information content (AvgIpc) is 3.17. The van der Waals surface area contributed by atoms with Gasteiger partial charge < -0.3 is 4.90 Å². The fourth-order valence-corrected chi connectivity index (χ4v) is 4.02. The van der Waals surface area contributed by atoms with Crippen LogP contribution in [0.3, 0.4) is 0 Å². The fraction of sp³-hybridized carbons (Fsp3) is 0.273. The van der Waals surface area contributed by atoms with Crippen LogP contribution in [-0.4, -0.2) is 32.5 Å². The topological polar surface area (TPSA) is 92.1 Å². The lowest BCUT2D eigenvalue weighted by Crippen LogP contribution is -2.39. The number of nitro groups is 1. The van der Waals surface area contributed by atoms with E-state index in [1.165, 1.54) is 5.56 Å². The first-order chi connectivity index (χ1) is 14.1. The zero-order chi connectivity index (χ0) is 20.4. The summed E-state index contributed by atoms with van der Waals surface area (Å²) in [6.45, 7) is 2.79. The Morgan fingerprint density at radius 2 is 1.93 bits per heavy atom. The van der Waals surface area contributed by atoms with Crippen molar-refractivity contribution in [3.05, 3.63) is 92.8 Å². The van der Waals surface area contributed by atoms with E-state index in [-0.39, 0.29) is 17.3 Å². The van der Waals surface area contributed by atoms with Crippen molar-refractivity contribution in [2.75, 3.05) is 6.54 Å². The smallest absolute Gasteiger partial charge is 0.322 e. The van der Waals surface area contributed by atoms with Crippen molar-refractivity contribution in [3.8, 4) is 0 Å². The lowest BCUT2D eigenvalue weighted by molar-refractivity contribution is -0.385. The highest BCUT2D eigenvalue weighted by Gasteiger charge is 2.35. The maximum Gasteiger partial charge on any atom is 0.322 e. The van der Waals surface area contributed by atoms with Gasteiger partial charge in [0.2, 0.25) is 5.69 Å². The number of hydrogen-bond donors (Lipinski definition) is 1. The van der Waals surface area contributed by atoms with Gasteiger partial charge in [-0.25, -0.2) is 0 Å². The van der Waals surface area contributed by atoms with E-state index in [9.17, 15) is 14.9 Å². The minimum Gasteiger partial charge on any atom is -0.332 e. The first-order valence-electron chi connectivity index (χ1n) is 9.73. The standard InChI is InChI=1S/C22H22N4O3/c1-2-8-19-21(26(28)29)20(24-23-19)22(27)25-13-16-11-6-7-12-17(16)18(14-25)15-9-4-3-5-10-15/h3-7,9-12,18H,2,8,13-14H2,1H3,(H,23,24). The van der Waals surface area contributed by atoms with E-state index >= 15 is 0 Å². The Labute approximate surface area is 168 Å². The molecular weight excluding hydrogens is 368 g/mol. The third kappa shape index (κ3) is 3.51. The van der Waals surface area contributed by atoms with Crippen LogP contribution in [-0.2, 0) is 13.0 Å². The first-order valence-corrected chi connectivity index (χ1v) is 9.73. The molecule has 7 heteroatoms. The summed E-state index contributed by atoms with van der Waals surface area (Å²) in [5.41, 5.74) is 3.44. The predicted molar refractivity (Wildman–Crippen MR) is 109 cm³/mol. The van der Waals surface area contributed by atoms with Crippen molar-refractivity contribution in [2.45, 2.75) is 32.2 Å². The van der Waals surface area contributed by atoms with E-state index in [4.69, 9.17) is 0 Å². The molecule has 0 bridgehead atoms. The molecule has 0 fully saturated rings. The monoisotopic (exact) mass is 390 g/mol. The van der Waals surface area contributed by atoms with Gasteiger partial charge in [0.15, 0.2) is 0 Å². The van der Waals surface area contributed by atoms with E-state index in [1.807, 2.05) is 55.5 Å². The molecule has 0 radical (unpaired) electrons. The summed E-state index contributed by atoms with van der Waals surface area (Å²) < 4.78 is 0. The molecule has 1 aromatic heterocycles. The zero-order valence-corrected chi connectivity index (χ0v) is 16.2. The number of aryl methyl sites for hydroxylation is 1. The van der Waals surface area contributed by atoms with Crippen molar-refractivity contribution < 1.29 is 9.72 Å². The number of nitrogens with one attached hydrogen (secondary N) is 1. The number of benzene rings is 2. The fourth-order valence-electron chi connectivity index (χ4n) is 4.02. The molecule has 1 unspecified atom stereocenters. The Morgan fingerprint density at radius 1 is 1.21 bits per heavy atom. The van der Waals surface area contributed by atoms with Crippen molar-refractivity contribution in [1.29, 1.82) is 0 Å². The molecule has 1 amide bonds. The molecule has 0 saturated carbocycles. The van der Waals surface area contributed by atoms with Gasteiger partial charge >= 0.3 is 5.69 Å². The van der Waals surface area contributed by atoms with Crippen LogP contribution < -0.4 is 0 Å². The van der Waals surface area contributed by atoms with Crippen LogP contribution >= 0.6 is 0 Å². The van der Waals surface area contributed by atoms with Gasteiger partial charge in [0, 0.05) is 19.0 Å². The Bertz CT molecular complexity index is 1050. The summed E-state index contributed by atoms with van der Waals surface area (Å²) in [4.78, 5) is 26.1. The number of aromatic nitrogens is 2. The summed E-state index contributed by atoms with van der Waals surface area (Å²) in [7, 11) is 0. The molecule has 1 aliphatic rings. The maximum absolute atomic E-state index is 13.3. The number of carbonyl (C=O) groups is 1. The molecule has 7 nitrogen and oxygen atoms in total. The van der Waals surface area contributed by atoms with E-state index in [0.29, 0.717) is 25.2 Å². The van der Waals surface area contributed by atoms with Gasteiger partial charge in [-0.1, -0.05) is 67.9 Å². The Morgan fingerprint density at radius 3 is 2.66 bits per heavy atom. The molecule has 148 valence electrons. The van der Waals surface area contributed by atoms with Gasteiger partial charge in [-0.2, -0.15) is 5.10 Å². The summed E-state index contributed by atoms with van der Waals surface area (Å²) >= 11 is 0. The summed E-state index contributed by atoms with van der Waals surface area (Å²) in [6, 6.07) is 18.1. The zero-order valence-electron chi connectivity index (χ0n) is 16.2. The molecule has 2 heterocycles. The second-order valence-corrected chi connectivity index (χ2v) is 7.25. The van der Waals surface area contributed by atoms with E-state index in [1.54, 1.807) is 4.90 Å². The van der Waals surface area contributed by atoms with Crippen LogP contribution in [0.1, 0.15) is 52.1 Å². The quantitative estimate of drug-likeness (QED) is 0.525. The second-order valence-electron chi connectivity index (χ2n) is 7.25. The number of H-pyrrole nitrogens is 1. The van der Waals surface area contributed by atoms with E-state index in [2.05, 4.69) is 16.3 Å². The number of amides is 1. The van der Waals surface area contributed by atoms with Crippen LogP contribution in [0, 0.1) is 10.1 Å². The number of aromatic amines is 1. The predicted octanol–water partition coefficient (Wildman–Crippen LogP) is 4.06. The molecular formula is C22H22N4O3. The maximum atomic E-state index is 13.3. The number of fused-ring (bicyclic) bond motifs is 1. The molecule has 0 saturated heterocycles. The van der Waals surface area contributed by atoms with Crippen LogP contribution in [0.25, 0.3) is 0 Å². The highest BCUT2D eigenvalue weighted by molar-refractivity contribution is 5.96. The number of carbonyl (C=O) groups excluding carboxylic acids is 1. The lowest BCUT2D eigenvalue weighted by Gasteiger charge is -2.34. The van der Waals surface area contributed by atoms with Crippen LogP contribution in [0.15, 0.2) is 54.6 Å². The second kappa shape index (κ2) is 7.87.